The summed E-state index contributed by atoms with van der Waals surface area (Å²) >= 11 is 0. The standard InChI is InChI=1S/C15H22N2O3/c1-15(2,3)20-14(19)17-8-7-11-10(12(16)9-18)5-4-6-13(11)17/h4-6,12,18H,7-9,16H2,1-3H3. The molecule has 20 heavy (non-hydrogen) atoms. The largest absolute Gasteiger partial charge is 0.443 e. The monoisotopic (exact) mass is 278 g/mol. The van der Waals surface area contributed by atoms with Gasteiger partial charge in [0.2, 0.25) is 0 Å². The van der Waals surface area contributed by atoms with E-state index < -0.39 is 11.6 Å². The second kappa shape index (κ2) is 5.42. The number of carbonyl (C=O) groups excluding carboxylic acids is 1. The van der Waals surface area contributed by atoms with Gasteiger partial charge in [-0.25, -0.2) is 4.79 Å². The number of hydrogen-bond donors (Lipinski definition) is 2. The van der Waals surface area contributed by atoms with Crippen LogP contribution in [0.1, 0.15) is 37.9 Å². The van der Waals surface area contributed by atoms with Crippen molar-refractivity contribution < 1.29 is 14.6 Å². The number of nitrogens with zero attached hydrogens (tertiary/aromatic N) is 1. The van der Waals surface area contributed by atoms with Gasteiger partial charge < -0.3 is 15.6 Å². The normalized spacial score (nSPS) is 15.9. The lowest BCUT2D eigenvalue weighted by molar-refractivity contribution is 0.0584. The molecule has 1 atom stereocenters. The van der Waals surface area contributed by atoms with Crippen LogP contribution in [0.15, 0.2) is 18.2 Å². The summed E-state index contributed by atoms with van der Waals surface area (Å²) < 4.78 is 5.41. The van der Waals surface area contributed by atoms with Crippen LogP contribution in [0, 0.1) is 0 Å². The Balaban J connectivity index is 2.28. The zero-order valence-electron chi connectivity index (χ0n) is 12.2. The highest BCUT2D eigenvalue weighted by Crippen LogP contribution is 2.33. The number of aliphatic hydroxyl groups is 1. The van der Waals surface area contributed by atoms with Gasteiger partial charge >= 0.3 is 6.09 Å². The lowest BCUT2D eigenvalue weighted by Crippen LogP contribution is -2.35. The molecule has 0 saturated carbocycles. The Morgan fingerprint density at radius 1 is 1.50 bits per heavy atom. The number of aliphatic hydroxyl groups excluding tert-OH is 1. The van der Waals surface area contributed by atoms with Gasteiger partial charge in [0.05, 0.1) is 18.3 Å². The van der Waals surface area contributed by atoms with E-state index in [1.165, 1.54) is 0 Å². The van der Waals surface area contributed by atoms with Crippen LogP contribution in [-0.4, -0.2) is 30.0 Å². The lowest BCUT2D eigenvalue weighted by Gasteiger charge is -2.25. The number of rotatable bonds is 2. The van der Waals surface area contributed by atoms with Gasteiger partial charge in [0.25, 0.3) is 0 Å². The molecular weight excluding hydrogens is 256 g/mol. The fraction of sp³-hybridized carbons (Fsp3) is 0.533. The van der Waals surface area contributed by atoms with Crippen LogP contribution in [0.5, 0.6) is 0 Å². The predicted octanol–water partition coefficient (Wildman–Crippen LogP) is 1.98. The molecule has 3 N–H and O–H groups in total. The van der Waals surface area contributed by atoms with E-state index in [0.29, 0.717) is 6.54 Å². The van der Waals surface area contributed by atoms with Crippen molar-refractivity contribution in [1.82, 2.24) is 0 Å². The number of ether oxygens (including phenoxy) is 1. The van der Waals surface area contributed by atoms with Crippen molar-refractivity contribution in [1.29, 1.82) is 0 Å². The van der Waals surface area contributed by atoms with Crippen LogP contribution in [0.2, 0.25) is 0 Å². The van der Waals surface area contributed by atoms with Gasteiger partial charge in [-0.3, -0.25) is 4.90 Å². The summed E-state index contributed by atoms with van der Waals surface area (Å²) in [6, 6.07) is 5.23. The average Bonchev–Trinajstić information content (AvgIpc) is 2.79. The molecule has 0 aromatic heterocycles. The summed E-state index contributed by atoms with van der Waals surface area (Å²) in [5.41, 5.74) is 8.15. The maximum Gasteiger partial charge on any atom is 0.414 e. The van der Waals surface area contributed by atoms with Gasteiger partial charge in [-0.15, -0.1) is 0 Å². The molecular formula is C15H22N2O3. The molecule has 1 aromatic carbocycles. The first-order chi connectivity index (χ1) is 9.33. The Bertz CT molecular complexity index is 508. The second-order valence-electron chi connectivity index (χ2n) is 6.02. The van der Waals surface area contributed by atoms with Gasteiger partial charge in [0.15, 0.2) is 0 Å². The summed E-state index contributed by atoms with van der Waals surface area (Å²) in [6.07, 6.45) is 0.393. The first-order valence-electron chi connectivity index (χ1n) is 6.82. The topological polar surface area (TPSA) is 75.8 Å². The van der Waals surface area contributed by atoms with Crippen molar-refractivity contribution >= 4 is 11.8 Å². The summed E-state index contributed by atoms with van der Waals surface area (Å²) in [7, 11) is 0. The predicted molar refractivity (Wildman–Crippen MR) is 77.7 cm³/mol. The lowest BCUT2D eigenvalue weighted by atomic mass is 9.99. The summed E-state index contributed by atoms with van der Waals surface area (Å²) in [5.74, 6) is 0. The van der Waals surface area contributed by atoms with E-state index in [9.17, 15) is 9.90 Å². The van der Waals surface area contributed by atoms with E-state index in [-0.39, 0.29) is 12.7 Å². The van der Waals surface area contributed by atoms with Gasteiger partial charge in [-0.1, -0.05) is 12.1 Å². The van der Waals surface area contributed by atoms with Crippen molar-refractivity contribution in [2.24, 2.45) is 5.73 Å². The van der Waals surface area contributed by atoms with Crippen molar-refractivity contribution in [3.63, 3.8) is 0 Å². The number of fused-ring (bicyclic) bond motifs is 1. The third-order valence-electron chi connectivity index (χ3n) is 3.27. The summed E-state index contributed by atoms with van der Waals surface area (Å²) in [5, 5.41) is 9.22. The molecule has 1 aliphatic heterocycles. The van der Waals surface area contributed by atoms with E-state index >= 15 is 0 Å². The van der Waals surface area contributed by atoms with E-state index in [2.05, 4.69) is 0 Å². The highest BCUT2D eigenvalue weighted by Gasteiger charge is 2.30. The van der Waals surface area contributed by atoms with Gasteiger partial charge in [-0.2, -0.15) is 0 Å². The molecule has 5 heteroatoms. The number of amides is 1. The Hall–Kier alpha value is -1.59. The molecule has 0 aliphatic carbocycles. The van der Waals surface area contributed by atoms with Crippen molar-refractivity contribution in [2.45, 2.75) is 38.8 Å². The first-order valence-corrected chi connectivity index (χ1v) is 6.82. The van der Waals surface area contributed by atoms with E-state index in [4.69, 9.17) is 10.5 Å². The van der Waals surface area contributed by atoms with E-state index in [1.807, 2.05) is 39.0 Å². The molecule has 1 unspecified atom stereocenters. The van der Waals surface area contributed by atoms with Gasteiger partial charge in [-0.05, 0) is 44.4 Å². The minimum absolute atomic E-state index is 0.108. The fourth-order valence-corrected chi connectivity index (χ4v) is 2.41. The van der Waals surface area contributed by atoms with Crippen molar-refractivity contribution in [2.75, 3.05) is 18.1 Å². The molecule has 0 bridgehead atoms. The molecule has 5 nitrogen and oxygen atoms in total. The van der Waals surface area contributed by atoms with Crippen LogP contribution >= 0.6 is 0 Å². The Morgan fingerprint density at radius 2 is 2.20 bits per heavy atom. The third kappa shape index (κ3) is 2.94. The zero-order valence-corrected chi connectivity index (χ0v) is 12.2. The highest BCUT2D eigenvalue weighted by molar-refractivity contribution is 5.91. The van der Waals surface area contributed by atoms with Crippen LogP contribution < -0.4 is 10.6 Å². The van der Waals surface area contributed by atoms with Crippen molar-refractivity contribution in [3.8, 4) is 0 Å². The molecule has 1 amide bonds. The van der Waals surface area contributed by atoms with Crippen LogP contribution in [-0.2, 0) is 11.2 Å². The molecule has 110 valence electrons. The maximum absolute atomic E-state index is 12.2. The molecule has 2 rings (SSSR count). The number of hydrogen-bond acceptors (Lipinski definition) is 4. The summed E-state index contributed by atoms with van der Waals surface area (Å²) in [4.78, 5) is 13.8. The number of carbonyl (C=O) groups is 1. The maximum atomic E-state index is 12.2. The number of anilines is 1. The van der Waals surface area contributed by atoms with E-state index in [1.54, 1.807) is 4.90 Å². The Kier molecular flexibility index (Phi) is 4.01. The van der Waals surface area contributed by atoms with Crippen LogP contribution in [0.4, 0.5) is 10.5 Å². The number of benzene rings is 1. The molecule has 0 saturated heterocycles. The first kappa shape index (κ1) is 14.8. The van der Waals surface area contributed by atoms with Gasteiger partial charge in [0, 0.05) is 6.54 Å². The van der Waals surface area contributed by atoms with Crippen LogP contribution in [0.3, 0.4) is 0 Å². The van der Waals surface area contributed by atoms with Crippen molar-refractivity contribution in [3.05, 3.63) is 29.3 Å². The Morgan fingerprint density at radius 3 is 2.80 bits per heavy atom. The SMILES string of the molecule is CC(C)(C)OC(=O)N1CCc2c(C(N)CO)cccc21. The number of nitrogens with two attached hydrogens (primary N) is 1. The molecule has 1 aliphatic rings. The smallest absolute Gasteiger partial charge is 0.414 e. The third-order valence-corrected chi connectivity index (χ3v) is 3.27. The van der Waals surface area contributed by atoms with Crippen LogP contribution in [0.25, 0.3) is 0 Å². The highest BCUT2D eigenvalue weighted by atomic mass is 16.6. The minimum atomic E-state index is -0.515. The minimum Gasteiger partial charge on any atom is -0.443 e. The van der Waals surface area contributed by atoms with E-state index in [0.717, 1.165) is 23.2 Å². The van der Waals surface area contributed by atoms with Gasteiger partial charge in [0.1, 0.15) is 5.60 Å². The quantitative estimate of drug-likeness (QED) is 0.867. The fourth-order valence-electron chi connectivity index (χ4n) is 2.41. The molecule has 0 spiro atoms. The molecule has 0 radical (unpaired) electrons. The molecule has 1 heterocycles. The average molecular weight is 278 g/mol. The summed E-state index contributed by atoms with van der Waals surface area (Å²) in [6.45, 7) is 6.02. The molecule has 0 fully saturated rings. The second-order valence-corrected chi connectivity index (χ2v) is 6.02. The Labute approximate surface area is 119 Å². The molecule has 1 aromatic rings. The zero-order chi connectivity index (χ0) is 14.9.